The van der Waals surface area contributed by atoms with Gasteiger partial charge in [-0.2, -0.15) is 0 Å². The summed E-state index contributed by atoms with van der Waals surface area (Å²) in [6.45, 7) is 3.27. The van der Waals surface area contributed by atoms with Gasteiger partial charge in [-0.25, -0.2) is 8.78 Å². The Balaban J connectivity index is 1.75. The molecule has 2 rings (SSSR count). The molecule has 132 valence electrons. The van der Waals surface area contributed by atoms with Crippen LogP contribution in [-0.4, -0.2) is 23.3 Å². The van der Waals surface area contributed by atoms with Gasteiger partial charge in [0.05, 0.1) is 11.5 Å². The first-order valence-corrected chi connectivity index (χ1v) is 8.70. The molecule has 0 aliphatic carbocycles. The smallest absolute Gasteiger partial charge is 0.234 e. The molecular weight excluding hydrogens is 346 g/mol. The minimum Gasteiger partial charge on any atom is -0.325 e. The Labute approximate surface area is 149 Å². The first-order valence-electron chi connectivity index (χ1n) is 7.55. The summed E-state index contributed by atoms with van der Waals surface area (Å²) in [5, 5.41) is 5.13. The Hall–Kier alpha value is -2.41. The lowest BCUT2D eigenvalue weighted by atomic mass is 10.2. The van der Waals surface area contributed by atoms with Crippen molar-refractivity contribution in [2.24, 2.45) is 0 Å². The first kappa shape index (κ1) is 18.9. The lowest BCUT2D eigenvalue weighted by molar-refractivity contribution is -0.114. The van der Waals surface area contributed by atoms with E-state index in [2.05, 4.69) is 10.6 Å². The minimum atomic E-state index is -0.393. The number of hydrogen-bond donors (Lipinski definition) is 2. The number of amides is 2. The zero-order chi connectivity index (χ0) is 18.4. The highest BCUT2D eigenvalue weighted by Crippen LogP contribution is 2.15. The van der Waals surface area contributed by atoms with Gasteiger partial charge >= 0.3 is 0 Å². The van der Waals surface area contributed by atoms with Crippen molar-refractivity contribution in [1.29, 1.82) is 0 Å². The molecule has 2 aromatic carbocycles. The second-order valence-electron chi connectivity index (χ2n) is 5.52. The summed E-state index contributed by atoms with van der Waals surface area (Å²) in [7, 11) is 0. The van der Waals surface area contributed by atoms with Gasteiger partial charge in [0.25, 0.3) is 0 Å². The summed E-state index contributed by atoms with van der Waals surface area (Å²) in [6.07, 6.45) is 0. The van der Waals surface area contributed by atoms with Crippen LogP contribution < -0.4 is 10.6 Å². The predicted molar refractivity (Wildman–Crippen MR) is 96.9 cm³/mol. The topological polar surface area (TPSA) is 58.2 Å². The molecular formula is C18H18F2N2O2S. The van der Waals surface area contributed by atoms with Crippen molar-refractivity contribution in [2.75, 3.05) is 22.1 Å². The van der Waals surface area contributed by atoms with E-state index in [9.17, 15) is 18.4 Å². The van der Waals surface area contributed by atoms with Crippen molar-refractivity contribution >= 4 is 35.0 Å². The second kappa shape index (κ2) is 8.62. The van der Waals surface area contributed by atoms with Crippen molar-refractivity contribution in [2.45, 2.75) is 13.8 Å². The Bertz CT molecular complexity index is 731. The predicted octanol–water partition coefficient (Wildman–Crippen LogP) is 3.89. The molecule has 2 N–H and O–H groups in total. The molecule has 0 unspecified atom stereocenters. The van der Waals surface area contributed by atoms with Gasteiger partial charge in [-0.15, -0.1) is 11.8 Å². The summed E-state index contributed by atoms with van der Waals surface area (Å²) in [4.78, 5) is 23.6. The van der Waals surface area contributed by atoms with Gasteiger partial charge in [0.2, 0.25) is 11.8 Å². The monoisotopic (exact) mass is 364 g/mol. The SMILES string of the molecule is Cc1ccc(NC(=O)CSCC(=O)Nc2ccc(C)c(F)c2)cc1F. The quantitative estimate of drug-likeness (QED) is 0.818. The fourth-order valence-electron chi connectivity index (χ4n) is 1.97. The molecule has 0 spiro atoms. The normalized spacial score (nSPS) is 10.4. The van der Waals surface area contributed by atoms with E-state index in [0.717, 1.165) is 11.8 Å². The van der Waals surface area contributed by atoms with Crippen molar-refractivity contribution in [3.05, 3.63) is 59.2 Å². The highest BCUT2D eigenvalue weighted by Gasteiger charge is 2.08. The molecule has 0 fully saturated rings. The van der Waals surface area contributed by atoms with E-state index < -0.39 is 11.6 Å². The largest absolute Gasteiger partial charge is 0.325 e. The molecule has 7 heteroatoms. The summed E-state index contributed by atoms with van der Waals surface area (Å²) >= 11 is 1.11. The van der Waals surface area contributed by atoms with Gasteiger partial charge in [-0.05, 0) is 49.2 Å². The number of hydrogen-bond acceptors (Lipinski definition) is 3. The maximum absolute atomic E-state index is 13.4. The highest BCUT2D eigenvalue weighted by molar-refractivity contribution is 8.00. The number of carbonyl (C=O) groups excluding carboxylic acids is 2. The average molecular weight is 364 g/mol. The van der Waals surface area contributed by atoms with E-state index in [1.54, 1.807) is 38.1 Å². The molecule has 0 aromatic heterocycles. The summed E-state index contributed by atoms with van der Waals surface area (Å²) in [5.74, 6) is -1.36. The molecule has 0 aliphatic heterocycles. The van der Waals surface area contributed by atoms with E-state index in [4.69, 9.17) is 0 Å². The Morgan fingerprint density at radius 3 is 1.60 bits per heavy atom. The summed E-state index contributed by atoms with van der Waals surface area (Å²) in [5.41, 5.74) is 1.73. The zero-order valence-electron chi connectivity index (χ0n) is 13.9. The maximum atomic E-state index is 13.4. The van der Waals surface area contributed by atoms with Crippen LogP contribution in [0.3, 0.4) is 0 Å². The van der Waals surface area contributed by atoms with Crippen LogP contribution >= 0.6 is 11.8 Å². The van der Waals surface area contributed by atoms with Gasteiger partial charge in [0.15, 0.2) is 0 Å². The number of thioether (sulfide) groups is 1. The van der Waals surface area contributed by atoms with E-state index in [1.807, 2.05) is 0 Å². The molecule has 4 nitrogen and oxygen atoms in total. The molecule has 2 amide bonds. The molecule has 0 saturated carbocycles. The van der Waals surface area contributed by atoms with Gasteiger partial charge in [0, 0.05) is 11.4 Å². The van der Waals surface area contributed by atoms with Crippen molar-refractivity contribution in [1.82, 2.24) is 0 Å². The Morgan fingerprint density at radius 1 is 0.840 bits per heavy atom. The number of aryl methyl sites for hydroxylation is 2. The lowest BCUT2D eigenvalue weighted by Crippen LogP contribution is -2.18. The molecule has 0 saturated heterocycles. The van der Waals surface area contributed by atoms with Crippen LogP contribution in [0, 0.1) is 25.5 Å². The van der Waals surface area contributed by atoms with Crippen LogP contribution in [0.1, 0.15) is 11.1 Å². The second-order valence-corrected chi connectivity index (χ2v) is 6.50. The summed E-state index contributed by atoms with van der Waals surface area (Å²) in [6, 6.07) is 8.87. The van der Waals surface area contributed by atoms with Crippen LogP contribution in [0.2, 0.25) is 0 Å². The van der Waals surface area contributed by atoms with Crippen molar-refractivity contribution < 1.29 is 18.4 Å². The lowest BCUT2D eigenvalue weighted by Gasteiger charge is -2.07. The third kappa shape index (κ3) is 5.86. The van der Waals surface area contributed by atoms with E-state index in [0.29, 0.717) is 22.5 Å². The number of nitrogens with one attached hydrogen (secondary N) is 2. The van der Waals surface area contributed by atoms with Crippen LogP contribution in [0.15, 0.2) is 36.4 Å². The van der Waals surface area contributed by atoms with Crippen LogP contribution in [0.4, 0.5) is 20.2 Å². The van der Waals surface area contributed by atoms with E-state index in [-0.39, 0.29) is 23.3 Å². The Kier molecular flexibility index (Phi) is 6.52. The van der Waals surface area contributed by atoms with Crippen LogP contribution in [0.25, 0.3) is 0 Å². The van der Waals surface area contributed by atoms with E-state index >= 15 is 0 Å². The fourth-order valence-corrected chi connectivity index (χ4v) is 2.59. The van der Waals surface area contributed by atoms with Gasteiger partial charge in [-0.3, -0.25) is 9.59 Å². The van der Waals surface area contributed by atoms with Gasteiger partial charge in [0.1, 0.15) is 11.6 Å². The zero-order valence-corrected chi connectivity index (χ0v) is 14.7. The molecule has 25 heavy (non-hydrogen) atoms. The van der Waals surface area contributed by atoms with Crippen molar-refractivity contribution in [3.63, 3.8) is 0 Å². The molecule has 0 bridgehead atoms. The first-order chi connectivity index (χ1) is 11.8. The molecule has 0 atom stereocenters. The Morgan fingerprint density at radius 2 is 1.24 bits per heavy atom. The maximum Gasteiger partial charge on any atom is 0.234 e. The molecule has 0 heterocycles. The number of benzene rings is 2. The van der Waals surface area contributed by atoms with Crippen molar-refractivity contribution in [3.8, 4) is 0 Å². The van der Waals surface area contributed by atoms with Gasteiger partial charge in [-0.1, -0.05) is 12.1 Å². The standard InChI is InChI=1S/C18H18F2N2O2S/c1-11-3-5-13(7-15(11)19)21-17(23)9-25-10-18(24)22-14-6-4-12(2)16(20)8-14/h3-8H,9-10H2,1-2H3,(H,21,23)(H,22,24). The van der Waals surface area contributed by atoms with Crippen LogP contribution in [-0.2, 0) is 9.59 Å². The fraction of sp³-hybridized carbons (Fsp3) is 0.222. The van der Waals surface area contributed by atoms with Gasteiger partial charge < -0.3 is 10.6 Å². The highest BCUT2D eigenvalue weighted by atomic mass is 32.2. The third-order valence-electron chi connectivity index (χ3n) is 3.38. The molecule has 2 aromatic rings. The number of carbonyl (C=O) groups is 2. The average Bonchev–Trinajstić information content (AvgIpc) is 2.54. The number of halogens is 2. The minimum absolute atomic E-state index is 0.0468. The number of anilines is 2. The number of rotatable bonds is 6. The molecule has 0 aliphatic rings. The van der Waals surface area contributed by atoms with E-state index in [1.165, 1.54) is 12.1 Å². The molecule has 0 radical (unpaired) electrons. The summed E-state index contributed by atoms with van der Waals surface area (Å²) < 4.78 is 26.8. The van der Waals surface area contributed by atoms with Crippen LogP contribution in [0.5, 0.6) is 0 Å². The third-order valence-corrected chi connectivity index (χ3v) is 4.31.